The molecule has 21 heavy (non-hydrogen) atoms. The van der Waals surface area contributed by atoms with Gasteiger partial charge in [0, 0.05) is 32.8 Å². The first-order chi connectivity index (χ1) is 10.3. The highest BCUT2D eigenvalue weighted by Gasteiger charge is 2.01. The highest BCUT2D eigenvalue weighted by atomic mass is 16.7. The number of rotatable bonds is 0. The summed E-state index contributed by atoms with van der Waals surface area (Å²) in [5.41, 5.74) is 0. The molecule has 1 aliphatic rings. The van der Waals surface area contributed by atoms with Crippen molar-refractivity contribution in [2.75, 3.05) is 59.4 Å². The molecule has 9 heteroatoms. The van der Waals surface area contributed by atoms with Crippen LogP contribution in [0.2, 0.25) is 0 Å². The van der Waals surface area contributed by atoms with Gasteiger partial charge in [-0.15, -0.1) is 0 Å². The molecule has 1 aliphatic heterocycles. The molecule has 9 nitrogen and oxygen atoms in total. The maximum Gasteiger partial charge on any atom is 0.314 e. The monoisotopic (exact) mass is 304 g/mol. The molecule has 0 aliphatic carbocycles. The Bertz CT molecular complexity index is 275. The van der Waals surface area contributed by atoms with Crippen molar-refractivity contribution < 1.29 is 23.8 Å². The number of carbonyl (C=O) groups excluding carboxylic acids is 2. The Morgan fingerprint density at radius 1 is 0.619 bits per heavy atom. The standard InChI is InChI=1S/C12H24N4O5/c17-11-13-2-3-14-12(18)16-5-9-21-10-20-7-1-6-19-8-4-15-11/h1-10H2,(H2,13,15,17)(H2,14,16,18). The molecule has 0 saturated carbocycles. The Kier molecular flexibility index (Phi) is 10.1. The van der Waals surface area contributed by atoms with Crippen molar-refractivity contribution in [3.8, 4) is 0 Å². The summed E-state index contributed by atoms with van der Waals surface area (Å²) in [5, 5.41) is 10.5. The van der Waals surface area contributed by atoms with Gasteiger partial charge in [0.05, 0.1) is 19.8 Å². The summed E-state index contributed by atoms with van der Waals surface area (Å²) in [6.45, 7) is 3.67. The molecule has 1 fully saturated rings. The second kappa shape index (κ2) is 12.2. The number of amides is 4. The molecule has 0 spiro atoms. The number of urea groups is 2. The van der Waals surface area contributed by atoms with E-state index in [4.69, 9.17) is 14.2 Å². The van der Waals surface area contributed by atoms with E-state index in [-0.39, 0.29) is 18.9 Å². The number of hydrogen-bond acceptors (Lipinski definition) is 5. The van der Waals surface area contributed by atoms with E-state index in [1.54, 1.807) is 0 Å². The lowest BCUT2D eigenvalue weighted by atomic mass is 10.5. The number of nitrogens with one attached hydrogen (secondary N) is 4. The smallest absolute Gasteiger partial charge is 0.314 e. The Morgan fingerprint density at radius 3 is 1.76 bits per heavy atom. The molecule has 0 aromatic heterocycles. The highest BCUT2D eigenvalue weighted by molar-refractivity contribution is 5.75. The summed E-state index contributed by atoms with van der Waals surface area (Å²) in [6, 6.07) is -0.580. The van der Waals surface area contributed by atoms with Crippen molar-refractivity contribution in [1.82, 2.24) is 21.3 Å². The Morgan fingerprint density at radius 2 is 1.10 bits per heavy atom. The fourth-order valence-electron chi connectivity index (χ4n) is 1.49. The van der Waals surface area contributed by atoms with Gasteiger partial charge in [-0.2, -0.15) is 0 Å². The molecular formula is C12H24N4O5. The average Bonchev–Trinajstić information content (AvgIpc) is 2.47. The molecule has 0 atom stereocenters. The van der Waals surface area contributed by atoms with E-state index in [9.17, 15) is 9.59 Å². The van der Waals surface area contributed by atoms with Crippen LogP contribution in [0.3, 0.4) is 0 Å². The van der Waals surface area contributed by atoms with E-state index in [0.29, 0.717) is 52.6 Å². The van der Waals surface area contributed by atoms with E-state index in [1.165, 1.54) is 0 Å². The Balaban J connectivity index is 2.20. The molecule has 4 N–H and O–H groups in total. The van der Waals surface area contributed by atoms with E-state index in [0.717, 1.165) is 6.42 Å². The SMILES string of the molecule is O=C1NCCNC(=O)NCCOCOCCCOCCN1. The predicted octanol–water partition coefficient (Wildman–Crippen LogP) is -1.00. The largest absolute Gasteiger partial charge is 0.380 e. The Hall–Kier alpha value is -1.58. The van der Waals surface area contributed by atoms with Gasteiger partial charge in [0.15, 0.2) is 0 Å². The van der Waals surface area contributed by atoms with Crippen LogP contribution in [0.4, 0.5) is 9.59 Å². The second-order valence-electron chi connectivity index (χ2n) is 4.27. The van der Waals surface area contributed by atoms with Gasteiger partial charge in [-0.3, -0.25) is 0 Å². The molecule has 0 unspecified atom stereocenters. The van der Waals surface area contributed by atoms with Gasteiger partial charge >= 0.3 is 12.1 Å². The summed E-state index contributed by atoms with van der Waals surface area (Å²) in [5.74, 6) is 0. The zero-order chi connectivity index (χ0) is 15.2. The fraction of sp³-hybridized carbons (Fsp3) is 0.833. The van der Waals surface area contributed by atoms with Crippen LogP contribution in [0.5, 0.6) is 0 Å². The van der Waals surface area contributed by atoms with Crippen LogP contribution in [-0.4, -0.2) is 71.5 Å². The van der Waals surface area contributed by atoms with E-state index < -0.39 is 0 Å². The molecule has 122 valence electrons. The minimum Gasteiger partial charge on any atom is -0.380 e. The van der Waals surface area contributed by atoms with Crippen LogP contribution in [0.1, 0.15) is 6.42 Å². The van der Waals surface area contributed by atoms with Gasteiger partial charge in [0.25, 0.3) is 0 Å². The van der Waals surface area contributed by atoms with Crippen molar-refractivity contribution in [2.45, 2.75) is 6.42 Å². The van der Waals surface area contributed by atoms with Crippen molar-refractivity contribution in [3.05, 3.63) is 0 Å². The number of carbonyl (C=O) groups is 2. The van der Waals surface area contributed by atoms with Gasteiger partial charge in [-0.05, 0) is 6.42 Å². The average molecular weight is 304 g/mol. The predicted molar refractivity (Wildman–Crippen MR) is 75.0 cm³/mol. The van der Waals surface area contributed by atoms with Crippen molar-refractivity contribution in [3.63, 3.8) is 0 Å². The molecule has 1 rings (SSSR count). The van der Waals surface area contributed by atoms with E-state index in [1.807, 2.05) is 0 Å². The van der Waals surface area contributed by atoms with Crippen molar-refractivity contribution in [1.29, 1.82) is 0 Å². The molecule has 1 heterocycles. The van der Waals surface area contributed by atoms with E-state index >= 15 is 0 Å². The first kappa shape index (κ1) is 17.5. The molecule has 4 amide bonds. The van der Waals surface area contributed by atoms with Crippen molar-refractivity contribution >= 4 is 12.1 Å². The summed E-state index contributed by atoms with van der Waals surface area (Å²) in [6.07, 6.45) is 0.760. The summed E-state index contributed by atoms with van der Waals surface area (Å²) < 4.78 is 15.8. The van der Waals surface area contributed by atoms with Gasteiger partial charge in [0.2, 0.25) is 0 Å². The topological polar surface area (TPSA) is 110 Å². The molecule has 1 saturated heterocycles. The molecule has 0 bridgehead atoms. The number of ether oxygens (including phenoxy) is 3. The summed E-state index contributed by atoms with van der Waals surface area (Å²) in [4.78, 5) is 22.7. The second-order valence-corrected chi connectivity index (χ2v) is 4.27. The van der Waals surface area contributed by atoms with Crippen LogP contribution >= 0.6 is 0 Å². The lowest BCUT2D eigenvalue weighted by Crippen LogP contribution is -2.44. The zero-order valence-electron chi connectivity index (χ0n) is 12.1. The minimum absolute atomic E-state index is 0.198. The van der Waals surface area contributed by atoms with Crippen molar-refractivity contribution in [2.24, 2.45) is 0 Å². The summed E-state index contributed by atoms with van der Waals surface area (Å²) in [7, 11) is 0. The van der Waals surface area contributed by atoms with Crippen LogP contribution in [0.15, 0.2) is 0 Å². The normalized spacial score (nSPS) is 21.5. The maximum absolute atomic E-state index is 11.4. The molecule has 0 aromatic carbocycles. The van der Waals surface area contributed by atoms with Crippen LogP contribution in [-0.2, 0) is 14.2 Å². The molecule has 0 aromatic rings. The maximum atomic E-state index is 11.4. The van der Waals surface area contributed by atoms with Gasteiger partial charge in [-0.25, -0.2) is 9.59 Å². The molecule has 0 radical (unpaired) electrons. The van der Waals surface area contributed by atoms with Gasteiger partial charge in [-0.1, -0.05) is 0 Å². The summed E-state index contributed by atoms with van der Waals surface area (Å²) >= 11 is 0. The van der Waals surface area contributed by atoms with Gasteiger partial charge in [0.1, 0.15) is 6.79 Å². The first-order valence-corrected chi connectivity index (χ1v) is 7.05. The highest BCUT2D eigenvalue weighted by Crippen LogP contribution is 1.86. The number of hydrogen-bond donors (Lipinski definition) is 4. The zero-order valence-corrected chi connectivity index (χ0v) is 12.1. The van der Waals surface area contributed by atoms with E-state index in [2.05, 4.69) is 21.3 Å². The lowest BCUT2D eigenvalue weighted by molar-refractivity contribution is -0.0565. The first-order valence-electron chi connectivity index (χ1n) is 7.05. The molecular weight excluding hydrogens is 280 g/mol. The fourth-order valence-corrected chi connectivity index (χ4v) is 1.49. The third-order valence-corrected chi connectivity index (χ3v) is 2.50. The van der Waals surface area contributed by atoms with Crippen LogP contribution < -0.4 is 21.3 Å². The van der Waals surface area contributed by atoms with Crippen LogP contribution in [0.25, 0.3) is 0 Å². The third-order valence-electron chi connectivity index (χ3n) is 2.50. The quantitative estimate of drug-likeness (QED) is 0.459. The van der Waals surface area contributed by atoms with Gasteiger partial charge < -0.3 is 35.5 Å². The third kappa shape index (κ3) is 10.8. The Labute approximate surface area is 124 Å². The minimum atomic E-state index is -0.298. The lowest BCUT2D eigenvalue weighted by Gasteiger charge is -2.09. The van der Waals surface area contributed by atoms with Crippen LogP contribution in [0, 0.1) is 0 Å².